The predicted octanol–water partition coefficient (Wildman–Crippen LogP) is 4.07. The summed E-state index contributed by atoms with van der Waals surface area (Å²) in [6, 6.07) is 23.4. The quantitative estimate of drug-likeness (QED) is 0.544. The van der Waals surface area contributed by atoms with Gasteiger partial charge in [0.15, 0.2) is 0 Å². The van der Waals surface area contributed by atoms with Crippen molar-refractivity contribution in [2.24, 2.45) is 0 Å². The Labute approximate surface area is 198 Å². The van der Waals surface area contributed by atoms with Crippen molar-refractivity contribution in [2.75, 3.05) is 24.4 Å². The number of likely N-dealkylation sites (N-methyl/N-ethyl adjacent to an activating group) is 1. The molecule has 0 aromatic heterocycles. The Morgan fingerprint density at radius 1 is 0.912 bits per heavy atom. The molecule has 0 spiro atoms. The zero-order valence-electron chi connectivity index (χ0n) is 19.2. The van der Waals surface area contributed by atoms with E-state index in [1.807, 2.05) is 30.3 Å². The molecule has 0 aliphatic carbocycles. The van der Waals surface area contributed by atoms with Crippen LogP contribution in [-0.2, 0) is 20.9 Å². The van der Waals surface area contributed by atoms with E-state index in [9.17, 15) is 14.4 Å². The summed E-state index contributed by atoms with van der Waals surface area (Å²) in [7, 11) is 3.36. The highest BCUT2D eigenvalue weighted by atomic mass is 16.5. The lowest BCUT2D eigenvalue weighted by molar-refractivity contribution is -0.120. The summed E-state index contributed by atoms with van der Waals surface area (Å²) >= 11 is 0. The van der Waals surface area contributed by atoms with E-state index in [0.717, 1.165) is 5.56 Å². The Balaban J connectivity index is 1.75. The number of hydrogen-bond donors (Lipinski definition) is 1. The summed E-state index contributed by atoms with van der Waals surface area (Å²) in [5, 5.41) is 2.72. The number of amides is 3. The predicted molar refractivity (Wildman–Crippen MR) is 131 cm³/mol. The van der Waals surface area contributed by atoms with Gasteiger partial charge < -0.3 is 15.0 Å². The molecule has 0 saturated heterocycles. The fraction of sp³-hybridized carbons (Fsp3) is 0.148. The number of carbonyl (C=O) groups is 3. The summed E-state index contributed by atoms with van der Waals surface area (Å²) in [6.07, 6.45) is 0. The van der Waals surface area contributed by atoms with E-state index in [-0.39, 0.29) is 5.91 Å². The van der Waals surface area contributed by atoms with Gasteiger partial charge in [0.2, 0.25) is 5.91 Å². The second-order valence-electron chi connectivity index (χ2n) is 7.97. The van der Waals surface area contributed by atoms with Crippen LogP contribution in [0.4, 0.5) is 11.4 Å². The summed E-state index contributed by atoms with van der Waals surface area (Å²) in [5.41, 5.74) is 3.32. The van der Waals surface area contributed by atoms with E-state index in [0.29, 0.717) is 40.5 Å². The van der Waals surface area contributed by atoms with E-state index in [1.165, 1.54) is 11.8 Å². The molecule has 4 rings (SSSR count). The van der Waals surface area contributed by atoms with Crippen molar-refractivity contribution in [3.8, 4) is 5.75 Å². The number of anilines is 2. The van der Waals surface area contributed by atoms with E-state index in [4.69, 9.17) is 4.74 Å². The molecule has 0 radical (unpaired) electrons. The standard InChI is InChI=1S/C27H25N3O4/c1-18(31)28-21-11-9-20(10-12-21)24-25(29(2)17-19-7-5-4-6-8-19)27(33)30(26(24)32)22-13-15-23(34-3)16-14-22/h4-16H,17H2,1-3H3,(H,28,31). The zero-order valence-corrected chi connectivity index (χ0v) is 19.2. The first-order valence-corrected chi connectivity index (χ1v) is 10.8. The maximum Gasteiger partial charge on any atom is 0.282 e. The van der Waals surface area contributed by atoms with E-state index >= 15 is 0 Å². The molecule has 0 unspecified atom stereocenters. The van der Waals surface area contributed by atoms with Gasteiger partial charge in [-0.25, -0.2) is 4.90 Å². The average Bonchev–Trinajstić information content (AvgIpc) is 3.10. The average molecular weight is 456 g/mol. The van der Waals surface area contributed by atoms with Crippen molar-refractivity contribution >= 4 is 34.7 Å². The molecule has 3 aromatic carbocycles. The minimum Gasteiger partial charge on any atom is -0.497 e. The third-order valence-corrected chi connectivity index (χ3v) is 5.53. The van der Waals surface area contributed by atoms with Gasteiger partial charge in [0.1, 0.15) is 11.4 Å². The molecule has 3 amide bonds. The third-order valence-electron chi connectivity index (χ3n) is 5.53. The molecular formula is C27H25N3O4. The van der Waals surface area contributed by atoms with E-state index in [2.05, 4.69) is 5.32 Å². The minimum absolute atomic E-state index is 0.187. The van der Waals surface area contributed by atoms with Crippen LogP contribution < -0.4 is 15.0 Å². The molecule has 0 bridgehead atoms. The fourth-order valence-electron chi connectivity index (χ4n) is 3.96. The monoisotopic (exact) mass is 455 g/mol. The lowest BCUT2D eigenvalue weighted by atomic mass is 10.0. The summed E-state index contributed by atoms with van der Waals surface area (Å²) in [5.74, 6) is -0.356. The highest BCUT2D eigenvalue weighted by Gasteiger charge is 2.41. The highest BCUT2D eigenvalue weighted by molar-refractivity contribution is 6.45. The van der Waals surface area contributed by atoms with Crippen molar-refractivity contribution in [3.05, 3.63) is 95.7 Å². The van der Waals surface area contributed by atoms with Crippen LogP contribution in [0.15, 0.2) is 84.6 Å². The molecule has 1 heterocycles. The number of carbonyl (C=O) groups excluding carboxylic acids is 3. The van der Waals surface area contributed by atoms with Crippen LogP contribution in [0.5, 0.6) is 5.75 Å². The van der Waals surface area contributed by atoms with Gasteiger partial charge in [-0.3, -0.25) is 14.4 Å². The van der Waals surface area contributed by atoms with Gasteiger partial charge in [-0.15, -0.1) is 0 Å². The van der Waals surface area contributed by atoms with Crippen molar-refractivity contribution in [3.63, 3.8) is 0 Å². The summed E-state index contributed by atoms with van der Waals surface area (Å²) in [4.78, 5) is 41.6. The van der Waals surface area contributed by atoms with E-state index < -0.39 is 11.8 Å². The SMILES string of the molecule is COc1ccc(N2C(=O)C(c3ccc(NC(C)=O)cc3)=C(N(C)Cc3ccccc3)C2=O)cc1. The van der Waals surface area contributed by atoms with Crippen LogP contribution in [0.3, 0.4) is 0 Å². The van der Waals surface area contributed by atoms with Crippen molar-refractivity contribution in [1.29, 1.82) is 0 Å². The molecule has 7 nitrogen and oxygen atoms in total. The van der Waals surface area contributed by atoms with Gasteiger partial charge in [-0.05, 0) is 47.5 Å². The molecule has 0 fully saturated rings. The number of ether oxygens (including phenoxy) is 1. The zero-order chi connectivity index (χ0) is 24.2. The Morgan fingerprint density at radius 3 is 2.15 bits per heavy atom. The van der Waals surface area contributed by atoms with Crippen molar-refractivity contribution < 1.29 is 19.1 Å². The Bertz CT molecular complexity index is 1250. The van der Waals surface area contributed by atoms with E-state index in [1.54, 1.807) is 67.6 Å². The number of methoxy groups -OCH3 is 1. The van der Waals surface area contributed by atoms with Gasteiger partial charge in [-0.2, -0.15) is 0 Å². The van der Waals surface area contributed by atoms with Gasteiger partial charge >= 0.3 is 0 Å². The lowest BCUT2D eigenvalue weighted by Crippen LogP contribution is -2.34. The molecule has 34 heavy (non-hydrogen) atoms. The number of benzene rings is 3. The first-order valence-electron chi connectivity index (χ1n) is 10.8. The van der Waals surface area contributed by atoms with Crippen molar-refractivity contribution in [1.82, 2.24) is 4.90 Å². The molecular weight excluding hydrogens is 430 g/mol. The molecule has 7 heteroatoms. The third kappa shape index (κ3) is 4.54. The molecule has 0 atom stereocenters. The normalized spacial score (nSPS) is 13.3. The lowest BCUT2D eigenvalue weighted by Gasteiger charge is -2.21. The largest absolute Gasteiger partial charge is 0.497 e. The van der Waals surface area contributed by atoms with Gasteiger partial charge in [-0.1, -0.05) is 42.5 Å². The molecule has 3 aromatic rings. The van der Waals surface area contributed by atoms with Gasteiger partial charge in [0.25, 0.3) is 11.8 Å². The van der Waals surface area contributed by atoms with Crippen LogP contribution in [-0.4, -0.2) is 36.8 Å². The maximum atomic E-state index is 13.6. The number of rotatable bonds is 7. The molecule has 0 saturated carbocycles. The van der Waals surface area contributed by atoms with Crippen LogP contribution in [0, 0.1) is 0 Å². The van der Waals surface area contributed by atoms with Crippen LogP contribution in [0.2, 0.25) is 0 Å². The molecule has 1 N–H and O–H groups in total. The number of hydrogen-bond acceptors (Lipinski definition) is 5. The second-order valence-corrected chi connectivity index (χ2v) is 7.97. The Morgan fingerprint density at radius 2 is 1.56 bits per heavy atom. The first kappa shape index (κ1) is 22.8. The van der Waals surface area contributed by atoms with Gasteiger partial charge in [0, 0.05) is 26.2 Å². The van der Waals surface area contributed by atoms with Gasteiger partial charge in [0.05, 0.1) is 18.4 Å². The maximum absolute atomic E-state index is 13.6. The second kappa shape index (κ2) is 9.62. The number of nitrogens with zero attached hydrogens (tertiary/aromatic N) is 2. The molecule has 1 aliphatic rings. The minimum atomic E-state index is -0.405. The van der Waals surface area contributed by atoms with Crippen molar-refractivity contribution in [2.45, 2.75) is 13.5 Å². The first-order chi connectivity index (χ1) is 16.4. The molecule has 172 valence electrons. The van der Waals surface area contributed by atoms with Crippen LogP contribution in [0.1, 0.15) is 18.1 Å². The topological polar surface area (TPSA) is 79.0 Å². The highest BCUT2D eigenvalue weighted by Crippen LogP contribution is 2.35. The summed E-state index contributed by atoms with van der Waals surface area (Å²) in [6.45, 7) is 1.89. The Hall–Kier alpha value is -4.39. The van der Waals surface area contributed by atoms with Crippen LogP contribution in [0.25, 0.3) is 5.57 Å². The van der Waals surface area contributed by atoms with Crippen LogP contribution >= 0.6 is 0 Å². The number of imide groups is 1. The smallest absolute Gasteiger partial charge is 0.282 e. The Kier molecular flexibility index (Phi) is 6.45. The number of nitrogens with one attached hydrogen (secondary N) is 1. The fourth-order valence-corrected chi connectivity index (χ4v) is 3.96. The molecule has 1 aliphatic heterocycles. The summed E-state index contributed by atoms with van der Waals surface area (Å²) < 4.78 is 5.20.